The molecule has 1 aromatic rings. The van der Waals surface area contributed by atoms with Gasteiger partial charge in [-0.15, -0.1) is 0 Å². The number of benzene rings is 1. The quantitative estimate of drug-likeness (QED) is 0.444. The van der Waals surface area contributed by atoms with Gasteiger partial charge in [-0.05, 0) is 36.9 Å². The van der Waals surface area contributed by atoms with Crippen LogP contribution in [0, 0.1) is 5.92 Å². The molecule has 0 saturated carbocycles. The number of nitrogens with zero attached hydrogens (tertiary/aromatic N) is 4. The summed E-state index contributed by atoms with van der Waals surface area (Å²) in [5, 5.41) is 3.67. The maximum Gasteiger partial charge on any atom is 0.0319 e. The zero-order valence-electron chi connectivity index (χ0n) is 10.2. The van der Waals surface area contributed by atoms with E-state index in [0.29, 0.717) is 18.5 Å². The van der Waals surface area contributed by atoms with Crippen LogP contribution < -0.4 is 0 Å². The van der Waals surface area contributed by atoms with Crippen LogP contribution in [0.25, 0.3) is 10.4 Å². The Morgan fingerprint density at radius 2 is 2.24 bits per heavy atom. The van der Waals surface area contributed by atoms with Gasteiger partial charge in [0.05, 0.1) is 0 Å². The molecule has 0 unspecified atom stereocenters. The first-order valence-electron chi connectivity index (χ1n) is 6.11. The van der Waals surface area contributed by atoms with Gasteiger partial charge in [0.1, 0.15) is 0 Å². The van der Waals surface area contributed by atoms with Crippen molar-refractivity contribution in [3.05, 3.63) is 46.3 Å². The molecular formula is C13H18N4. The molecule has 2 rings (SSSR count). The lowest BCUT2D eigenvalue weighted by Crippen LogP contribution is -2.24. The second-order valence-electron chi connectivity index (χ2n) is 4.65. The van der Waals surface area contributed by atoms with Crippen molar-refractivity contribution in [2.75, 3.05) is 19.6 Å². The van der Waals surface area contributed by atoms with Crippen molar-refractivity contribution < 1.29 is 0 Å². The van der Waals surface area contributed by atoms with Gasteiger partial charge in [-0.3, -0.25) is 4.90 Å². The molecule has 1 fully saturated rings. The van der Waals surface area contributed by atoms with Crippen molar-refractivity contribution in [2.45, 2.75) is 19.4 Å². The predicted octanol–water partition coefficient (Wildman–Crippen LogP) is 3.38. The Morgan fingerprint density at radius 3 is 2.94 bits per heavy atom. The average molecular weight is 230 g/mol. The van der Waals surface area contributed by atoms with E-state index in [1.165, 1.54) is 5.56 Å². The van der Waals surface area contributed by atoms with Gasteiger partial charge in [-0.1, -0.05) is 35.4 Å². The SMILES string of the molecule is C[C@H](c1ccccc1)N1CC[C@H](CN=[N+]=[N-])C1. The highest BCUT2D eigenvalue weighted by Gasteiger charge is 2.25. The normalized spacial score (nSPS) is 22.1. The largest absolute Gasteiger partial charge is 0.296 e. The molecule has 90 valence electrons. The highest BCUT2D eigenvalue weighted by atomic mass is 15.2. The average Bonchev–Trinajstić information content (AvgIpc) is 2.85. The Hall–Kier alpha value is -1.51. The van der Waals surface area contributed by atoms with Gasteiger partial charge in [-0.25, -0.2) is 0 Å². The number of hydrogen-bond donors (Lipinski definition) is 0. The van der Waals surface area contributed by atoms with Gasteiger partial charge in [0.25, 0.3) is 0 Å². The van der Waals surface area contributed by atoms with Crippen LogP contribution in [-0.4, -0.2) is 24.5 Å². The second-order valence-corrected chi connectivity index (χ2v) is 4.65. The van der Waals surface area contributed by atoms with Gasteiger partial charge in [-0.2, -0.15) is 0 Å². The maximum atomic E-state index is 8.32. The molecule has 0 N–H and O–H groups in total. The van der Waals surface area contributed by atoms with E-state index in [-0.39, 0.29) is 0 Å². The van der Waals surface area contributed by atoms with Gasteiger partial charge < -0.3 is 0 Å². The fourth-order valence-electron chi connectivity index (χ4n) is 2.46. The van der Waals surface area contributed by atoms with Crippen LogP contribution in [0.3, 0.4) is 0 Å². The predicted molar refractivity (Wildman–Crippen MR) is 68.6 cm³/mol. The van der Waals surface area contributed by atoms with Gasteiger partial charge in [0, 0.05) is 24.0 Å². The number of likely N-dealkylation sites (tertiary alicyclic amines) is 1. The van der Waals surface area contributed by atoms with Crippen LogP contribution in [0.5, 0.6) is 0 Å². The fraction of sp³-hybridized carbons (Fsp3) is 0.538. The first-order valence-corrected chi connectivity index (χ1v) is 6.11. The van der Waals surface area contributed by atoms with E-state index in [1.54, 1.807) is 0 Å². The molecule has 2 atom stereocenters. The topological polar surface area (TPSA) is 52.0 Å². The monoisotopic (exact) mass is 230 g/mol. The highest BCUT2D eigenvalue weighted by Crippen LogP contribution is 2.27. The second kappa shape index (κ2) is 5.71. The van der Waals surface area contributed by atoms with Crippen molar-refractivity contribution in [3.8, 4) is 0 Å². The lowest BCUT2D eigenvalue weighted by atomic mass is 10.1. The Kier molecular flexibility index (Phi) is 4.02. The summed E-state index contributed by atoms with van der Waals surface area (Å²) >= 11 is 0. The molecule has 17 heavy (non-hydrogen) atoms. The summed E-state index contributed by atoms with van der Waals surface area (Å²) in [4.78, 5) is 5.30. The van der Waals surface area contributed by atoms with E-state index in [1.807, 2.05) is 6.07 Å². The molecular weight excluding hydrogens is 212 g/mol. The van der Waals surface area contributed by atoms with Crippen molar-refractivity contribution in [2.24, 2.45) is 11.0 Å². The standard InChI is InChI=1S/C13H18N4/c1-11(13-5-3-2-4-6-13)17-8-7-12(10-17)9-15-16-14/h2-6,11-12H,7-10H2,1H3/t11-,12-/m1/s1. The molecule has 1 saturated heterocycles. The number of azide groups is 1. The lowest BCUT2D eigenvalue weighted by Gasteiger charge is -2.24. The molecule has 0 spiro atoms. The van der Waals surface area contributed by atoms with Crippen molar-refractivity contribution in [1.29, 1.82) is 0 Å². The van der Waals surface area contributed by atoms with Crippen molar-refractivity contribution >= 4 is 0 Å². The van der Waals surface area contributed by atoms with Crippen LogP contribution >= 0.6 is 0 Å². The van der Waals surface area contributed by atoms with Gasteiger partial charge in [0.2, 0.25) is 0 Å². The minimum atomic E-state index is 0.451. The van der Waals surface area contributed by atoms with E-state index >= 15 is 0 Å². The summed E-state index contributed by atoms with van der Waals surface area (Å²) in [5.74, 6) is 0.525. The zero-order valence-corrected chi connectivity index (χ0v) is 10.2. The first-order chi connectivity index (χ1) is 8.31. The minimum absolute atomic E-state index is 0.451. The minimum Gasteiger partial charge on any atom is -0.296 e. The van der Waals surface area contributed by atoms with E-state index < -0.39 is 0 Å². The Balaban J connectivity index is 1.94. The Bertz CT molecular complexity index is 397. The molecule has 4 heteroatoms. The van der Waals surface area contributed by atoms with E-state index in [9.17, 15) is 0 Å². The van der Waals surface area contributed by atoms with Crippen LogP contribution in [-0.2, 0) is 0 Å². The zero-order chi connectivity index (χ0) is 12.1. The molecule has 0 aromatic heterocycles. The smallest absolute Gasteiger partial charge is 0.0319 e. The van der Waals surface area contributed by atoms with Crippen LogP contribution in [0.15, 0.2) is 35.4 Å². The lowest BCUT2D eigenvalue weighted by molar-refractivity contribution is 0.253. The summed E-state index contributed by atoms with van der Waals surface area (Å²) in [6.45, 7) is 5.01. The molecule has 1 heterocycles. The first kappa shape index (κ1) is 12.0. The van der Waals surface area contributed by atoms with Gasteiger partial charge in [0.15, 0.2) is 0 Å². The Labute approximate surface area is 102 Å². The van der Waals surface area contributed by atoms with Crippen LogP contribution in [0.2, 0.25) is 0 Å². The number of rotatable bonds is 4. The fourth-order valence-corrected chi connectivity index (χ4v) is 2.46. The van der Waals surface area contributed by atoms with E-state index in [4.69, 9.17) is 5.53 Å². The summed E-state index contributed by atoms with van der Waals surface area (Å²) in [6.07, 6.45) is 1.14. The summed E-state index contributed by atoms with van der Waals surface area (Å²) in [6, 6.07) is 11.0. The molecule has 0 aliphatic carbocycles. The molecule has 0 amide bonds. The molecule has 1 aromatic carbocycles. The third-order valence-corrected chi connectivity index (χ3v) is 3.55. The van der Waals surface area contributed by atoms with Crippen molar-refractivity contribution in [3.63, 3.8) is 0 Å². The number of hydrogen-bond acceptors (Lipinski definition) is 2. The molecule has 1 aliphatic rings. The van der Waals surface area contributed by atoms with E-state index in [0.717, 1.165) is 19.5 Å². The molecule has 0 bridgehead atoms. The summed E-state index contributed by atoms with van der Waals surface area (Å²) in [5.41, 5.74) is 9.68. The molecule has 0 radical (unpaired) electrons. The van der Waals surface area contributed by atoms with Crippen LogP contribution in [0.1, 0.15) is 24.9 Å². The Morgan fingerprint density at radius 1 is 1.47 bits per heavy atom. The van der Waals surface area contributed by atoms with E-state index in [2.05, 4.69) is 46.1 Å². The third kappa shape index (κ3) is 2.99. The third-order valence-electron chi connectivity index (χ3n) is 3.55. The molecule has 4 nitrogen and oxygen atoms in total. The maximum absolute atomic E-state index is 8.32. The van der Waals surface area contributed by atoms with Gasteiger partial charge >= 0.3 is 0 Å². The highest BCUT2D eigenvalue weighted by molar-refractivity contribution is 5.18. The van der Waals surface area contributed by atoms with Crippen molar-refractivity contribution in [1.82, 2.24) is 4.90 Å². The summed E-state index contributed by atoms with van der Waals surface area (Å²) < 4.78 is 0. The molecule has 1 aliphatic heterocycles. The summed E-state index contributed by atoms with van der Waals surface area (Å²) in [7, 11) is 0. The van der Waals surface area contributed by atoms with Crippen LogP contribution in [0.4, 0.5) is 0 Å².